The summed E-state index contributed by atoms with van der Waals surface area (Å²) in [5, 5.41) is 1.61. The Bertz CT molecular complexity index is 1070. The van der Waals surface area contributed by atoms with Gasteiger partial charge in [-0.25, -0.2) is 18.7 Å². The third-order valence-electron chi connectivity index (χ3n) is 5.03. The van der Waals surface area contributed by atoms with Crippen LogP contribution in [0, 0.1) is 17.6 Å². The molecule has 1 saturated heterocycles. The van der Waals surface area contributed by atoms with Crippen molar-refractivity contribution >= 4 is 56.7 Å². The fourth-order valence-electron chi connectivity index (χ4n) is 3.53. The van der Waals surface area contributed by atoms with Gasteiger partial charge in [0.1, 0.15) is 11.6 Å². The second kappa shape index (κ2) is 8.38. The summed E-state index contributed by atoms with van der Waals surface area (Å²) in [6.45, 7) is 1.39. The summed E-state index contributed by atoms with van der Waals surface area (Å²) in [4.78, 5) is 24.7. The van der Waals surface area contributed by atoms with E-state index in [9.17, 15) is 13.6 Å². The standard InChI is InChI=1S/C19H16Cl2F2N4OS/c20-12-9-13(22)11(8-14(12)23)18-24-15-3-6-29-17(15)19(25-18)27-4-1-10(2-5-27)7-16(28)26-21/h3,6,8-10H,1-2,4-5,7H2,(H,26,28). The number of anilines is 1. The number of piperidine rings is 1. The first kappa shape index (κ1) is 20.3. The minimum absolute atomic E-state index is 0.0325. The zero-order valence-corrected chi connectivity index (χ0v) is 17.4. The topological polar surface area (TPSA) is 58.1 Å². The van der Waals surface area contributed by atoms with E-state index in [4.69, 9.17) is 23.4 Å². The molecule has 1 aliphatic rings. The van der Waals surface area contributed by atoms with Gasteiger partial charge in [0.05, 0.1) is 20.8 Å². The molecule has 0 saturated carbocycles. The van der Waals surface area contributed by atoms with Crippen LogP contribution < -0.4 is 9.74 Å². The van der Waals surface area contributed by atoms with Crippen LogP contribution in [0.15, 0.2) is 23.6 Å². The van der Waals surface area contributed by atoms with Gasteiger partial charge in [-0.3, -0.25) is 9.63 Å². The molecule has 1 N–H and O–H groups in total. The molecule has 2 aromatic heterocycles. The largest absolute Gasteiger partial charge is 0.355 e. The first-order valence-electron chi connectivity index (χ1n) is 9.01. The average Bonchev–Trinajstić information content (AvgIpc) is 3.19. The lowest BCUT2D eigenvalue weighted by molar-refractivity contribution is -0.120. The van der Waals surface area contributed by atoms with Gasteiger partial charge in [0.15, 0.2) is 11.6 Å². The Morgan fingerprint density at radius 3 is 2.72 bits per heavy atom. The number of carbonyl (C=O) groups is 1. The van der Waals surface area contributed by atoms with Gasteiger partial charge < -0.3 is 4.90 Å². The Balaban J connectivity index is 1.67. The number of hydrogen-bond acceptors (Lipinski definition) is 5. The van der Waals surface area contributed by atoms with E-state index in [-0.39, 0.29) is 28.2 Å². The lowest BCUT2D eigenvalue weighted by Crippen LogP contribution is -2.35. The van der Waals surface area contributed by atoms with Crippen molar-refractivity contribution in [3.63, 3.8) is 0 Å². The van der Waals surface area contributed by atoms with Crippen LogP contribution in [0.4, 0.5) is 14.6 Å². The Labute approximate surface area is 179 Å². The number of carbonyl (C=O) groups excluding carboxylic acids is 1. The zero-order chi connectivity index (χ0) is 20.5. The van der Waals surface area contributed by atoms with Gasteiger partial charge in [0, 0.05) is 31.3 Å². The molecule has 152 valence electrons. The van der Waals surface area contributed by atoms with Crippen LogP contribution in [0.1, 0.15) is 19.3 Å². The van der Waals surface area contributed by atoms with Crippen molar-refractivity contribution in [2.24, 2.45) is 5.92 Å². The summed E-state index contributed by atoms with van der Waals surface area (Å²) in [5.41, 5.74) is 0.642. The van der Waals surface area contributed by atoms with Gasteiger partial charge >= 0.3 is 0 Å². The zero-order valence-electron chi connectivity index (χ0n) is 15.1. The average molecular weight is 457 g/mol. The van der Waals surface area contributed by atoms with E-state index in [1.54, 1.807) is 0 Å². The molecule has 4 rings (SSSR count). The maximum Gasteiger partial charge on any atom is 0.234 e. The molecule has 3 aromatic rings. The molecule has 0 atom stereocenters. The second-order valence-electron chi connectivity index (χ2n) is 6.90. The quantitative estimate of drug-likeness (QED) is 0.434. The highest BCUT2D eigenvalue weighted by molar-refractivity contribution is 7.17. The Morgan fingerprint density at radius 1 is 1.24 bits per heavy atom. The van der Waals surface area contributed by atoms with Gasteiger partial charge in [-0.2, -0.15) is 0 Å². The lowest BCUT2D eigenvalue weighted by atomic mass is 9.93. The number of hydrogen-bond donors (Lipinski definition) is 1. The SMILES string of the molecule is O=C(CC1CCN(c2nc(-c3cc(F)c(Cl)cc3F)nc3ccsc23)CC1)NCl. The van der Waals surface area contributed by atoms with E-state index >= 15 is 0 Å². The number of aromatic nitrogens is 2. The first-order valence-corrected chi connectivity index (χ1v) is 10.6. The fraction of sp³-hybridized carbons (Fsp3) is 0.316. The third kappa shape index (κ3) is 4.15. The van der Waals surface area contributed by atoms with E-state index in [0.29, 0.717) is 30.8 Å². The van der Waals surface area contributed by atoms with Crippen molar-refractivity contribution in [2.45, 2.75) is 19.3 Å². The molecular weight excluding hydrogens is 441 g/mol. The predicted molar refractivity (Wildman–Crippen MR) is 111 cm³/mol. The van der Waals surface area contributed by atoms with E-state index < -0.39 is 11.6 Å². The first-order chi connectivity index (χ1) is 14.0. The number of benzene rings is 1. The monoisotopic (exact) mass is 456 g/mol. The maximum absolute atomic E-state index is 14.4. The molecular formula is C19H16Cl2F2N4OS. The van der Waals surface area contributed by atoms with Crippen molar-refractivity contribution < 1.29 is 13.6 Å². The normalized spacial score (nSPS) is 15.1. The van der Waals surface area contributed by atoms with Crippen LogP contribution in [-0.4, -0.2) is 29.0 Å². The molecule has 0 unspecified atom stereocenters. The van der Waals surface area contributed by atoms with E-state index in [1.807, 2.05) is 11.4 Å². The molecule has 10 heteroatoms. The van der Waals surface area contributed by atoms with Crippen LogP contribution in [0.2, 0.25) is 5.02 Å². The summed E-state index contributed by atoms with van der Waals surface area (Å²) in [7, 11) is 0. The molecule has 0 bridgehead atoms. The number of halogens is 4. The molecule has 0 radical (unpaired) electrons. The van der Waals surface area contributed by atoms with Gasteiger partial charge in [-0.1, -0.05) is 11.6 Å². The highest BCUT2D eigenvalue weighted by atomic mass is 35.5. The summed E-state index contributed by atoms with van der Waals surface area (Å²) in [6, 6.07) is 3.78. The molecule has 1 fully saturated rings. The van der Waals surface area contributed by atoms with Crippen LogP contribution in [0.3, 0.4) is 0 Å². The summed E-state index contributed by atoms with van der Waals surface area (Å²) in [6.07, 6.45) is 2.00. The lowest BCUT2D eigenvalue weighted by Gasteiger charge is -2.32. The summed E-state index contributed by atoms with van der Waals surface area (Å²) < 4.78 is 29.2. The third-order valence-corrected chi connectivity index (χ3v) is 6.43. The predicted octanol–water partition coefficient (Wildman–Crippen LogP) is 5.17. The number of nitrogens with zero attached hydrogens (tertiary/aromatic N) is 3. The fourth-order valence-corrected chi connectivity index (χ4v) is 4.60. The van der Waals surface area contributed by atoms with Gasteiger partial charge in [-0.05, 0) is 42.3 Å². The molecule has 0 spiro atoms. The molecule has 29 heavy (non-hydrogen) atoms. The van der Waals surface area contributed by atoms with Gasteiger partial charge in [0.25, 0.3) is 0 Å². The van der Waals surface area contributed by atoms with Gasteiger partial charge in [-0.15, -0.1) is 11.3 Å². The van der Waals surface area contributed by atoms with Crippen LogP contribution >= 0.6 is 34.7 Å². The highest BCUT2D eigenvalue weighted by Gasteiger charge is 2.25. The van der Waals surface area contributed by atoms with Gasteiger partial charge in [0.2, 0.25) is 5.91 Å². The van der Waals surface area contributed by atoms with Crippen LogP contribution in [-0.2, 0) is 4.79 Å². The van der Waals surface area contributed by atoms with Crippen molar-refractivity contribution in [2.75, 3.05) is 18.0 Å². The van der Waals surface area contributed by atoms with E-state index in [2.05, 4.69) is 19.7 Å². The maximum atomic E-state index is 14.4. The van der Waals surface area contributed by atoms with E-state index in [0.717, 1.165) is 29.7 Å². The Morgan fingerprint density at radius 2 is 2.00 bits per heavy atom. The molecule has 1 amide bonds. The highest BCUT2D eigenvalue weighted by Crippen LogP contribution is 2.35. The van der Waals surface area contributed by atoms with Crippen LogP contribution in [0.5, 0.6) is 0 Å². The van der Waals surface area contributed by atoms with Crippen molar-refractivity contribution in [3.05, 3.63) is 40.2 Å². The number of amides is 1. The van der Waals surface area contributed by atoms with E-state index in [1.165, 1.54) is 11.3 Å². The summed E-state index contributed by atoms with van der Waals surface area (Å²) in [5.74, 6) is -0.541. The molecule has 1 aromatic carbocycles. The minimum atomic E-state index is -0.725. The molecule has 5 nitrogen and oxygen atoms in total. The van der Waals surface area contributed by atoms with Crippen LogP contribution in [0.25, 0.3) is 21.6 Å². The number of thiophene rings is 1. The Kier molecular flexibility index (Phi) is 5.85. The molecule has 0 aliphatic carbocycles. The van der Waals surface area contributed by atoms with Crippen molar-refractivity contribution in [1.29, 1.82) is 0 Å². The summed E-state index contributed by atoms with van der Waals surface area (Å²) >= 11 is 12.5. The molecule has 3 heterocycles. The number of fused-ring (bicyclic) bond motifs is 1. The second-order valence-corrected chi connectivity index (χ2v) is 8.42. The molecule has 1 aliphatic heterocycles. The Hall–Kier alpha value is -2.03. The number of nitrogens with one attached hydrogen (secondary N) is 1. The minimum Gasteiger partial charge on any atom is -0.355 e. The van der Waals surface area contributed by atoms with Crippen molar-refractivity contribution in [3.8, 4) is 11.4 Å². The van der Waals surface area contributed by atoms with Crippen molar-refractivity contribution in [1.82, 2.24) is 14.8 Å². The smallest absolute Gasteiger partial charge is 0.234 e. The number of rotatable bonds is 4.